The van der Waals surface area contributed by atoms with Crippen molar-refractivity contribution in [3.63, 3.8) is 0 Å². The molecule has 1 N–H and O–H groups in total. The fraction of sp³-hybridized carbons (Fsp3) is 0.786. The van der Waals surface area contributed by atoms with Crippen LogP contribution in [-0.4, -0.2) is 15.3 Å². The van der Waals surface area contributed by atoms with E-state index >= 15 is 0 Å². The second-order valence-electron chi connectivity index (χ2n) is 5.42. The van der Waals surface area contributed by atoms with Crippen LogP contribution in [0, 0.1) is 0 Å². The molecule has 4 heteroatoms. The molecule has 2 saturated carbocycles. The van der Waals surface area contributed by atoms with Crippen LogP contribution in [0.15, 0.2) is 0 Å². The van der Waals surface area contributed by atoms with Gasteiger partial charge in [-0.1, -0.05) is 19.3 Å². The van der Waals surface area contributed by atoms with Gasteiger partial charge in [-0.25, -0.2) is 4.98 Å². The van der Waals surface area contributed by atoms with E-state index in [2.05, 4.69) is 11.8 Å². The summed E-state index contributed by atoms with van der Waals surface area (Å²) < 4.78 is 0. The van der Waals surface area contributed by atoms with Crippen LogP contribution in [0.1, 0.15) is 66.4 Å². The minimum Gasteiger partial charge on any atom is -0.391 e. The molecule has 100 valence electrons. The number of aromatic nitrogens is 1. The zero-order valence-electron chi connectivity index (χ0n) is 10.7. The van der Waals surface area contributed by atoms with Crippen LogP contribution < -0.4 is 0 Å². The van der Waals surface area contributed by atoms with Gasteiger partial charge in [0.2, 0.25) is 0 Å². The first-order chi connectivity index (χ1) is 8.86. The fourth-order valence-corrected chi connectivity index (χ4v) is 5.04. The third-order valence-corrected chi connectivity index (χ3v) is 6.50. The Hall–Kier alpha value is -0.0600. The molecule has 2 nitrogen and oxygen atoms in total. The molecule has 2 fully saturated rings. The van der Waals surface area contributed by atoms with Gasteiger partial charge < -0.3 is 5.11 Å². The van der Waals surface area contributed by atoms with Crippen LogP contribution in [0.5, 0.6) is 0 Å². The van der Waals surface area contributed by atoms with E-state index in [0.29, 0.717) is 5.92 Å². The molecule has 0 saturated heterocycles. The number of aliphatic hydroxyl groups is 1. The third kappa shape index (κ3) is 3.09. The van der Waals surface area contributed by atoms with Gasteiger partial charge in [0.05, 0.1) is 17.2 Å². The highest BCUT2D eigenvalue weighted by Crippen LogP contribution is 2.43. The summed E-state index contributed by atoms with van der Waals surface area (Å²) in [6.45, 7) is 0.178. The summed E-state index contributed by atoms with van der Waals surface area (Å²) in [7, 11) is 0. The monoisotopic (exact) mass is 283 g/mol. The summed E-state index contributed by atoms with van der Waals surface area (Å²) >= 11 is 3.82. The second kappa shape index (κ2) is 5.93. The first kappa shape index (κ1) is 12.9. The largest absolute Gasteiger partial charge is 0.391 e. The SMILES string of the molecule is OCc1sc(CSC2CCCCC2)nc1C1CC1. The van der Waals surface area contributed by atoms with Crippen molar-refractivity contribution < 1.29 is 5.11 Å². The summed E-state index contributed by atoms with van der Waals surface area (Å²) in [6, 6.07) is 0. The standard InChI is InChI=1S/C14H21NOS2/c16-8-12-14(10-6-7-10)15-13(18-12)9-17-11-4-2-1-3-5-11/h10-11,16H,1-9H2. The lowest BCUT2D eigenvalue weighted by Crippen LogP contribution is -2.08. The molecule has 0 bridgehead atoms. The van der Waals surface area contributed by atoms with E-state index in [1.165, 1.54) is 55.6 Å². The zero-order chi connectivity index (χ0) is 12.4. The van der Waals surface area contributed by atoms with Crippen molar-refractivity contribution in [2.75, 3.05) is 0 Å². The van der Waals surface area contributed by atoms with E-state index in [1.807, 2.05) is 0 Å². The molecule has 0 radical (unpaired) electrons. The molecule has 0 aliphatic heterocycles. The van der Waals surface area contributed by atoms with Crippen LogP contribution in [-0.2, 0) is 12.4 Å². The van der Waals surface area contributed by atoms with Crippen LogP contribution in [0.25, 0.3) is 0 Å². The Morgan fingerprint density at radius 3 is 2.61 bits per heavy atom. The number of nitrogens with zero attached hydrogens (tertiary/aromatic N) is 1. The molecule has 0 spiro atoms. The Labute approximate surface area is 117 Å². The maximum Gasteiger partial charge on any atom is 0.103 e. The quantitative estimate of drug-likeness (QED) is 0.884. The Morgan fingerprint density at radius 1 is 1.17 bits per heavy atom. The molecule has 2 aliphatic rings. The first-order valence-corrected chi connectivity index (χ1v) is 8.94. The molecule has 0 unspecified atom stereocenters. The van der Waals surface area contributed by atoms with Gasteiger partial charge in [-0.15, -0.1) is 11.3 Å². The second-order valence-corrected chi connectivity index (χ2v) is 7.88. The third-order valence-electron chi connectivity index (χ3n) is 3.87. The van der Waals surface area contributed by atoms with Gasteiger partial charge in [0.15, 0.2) is 0 Å². The van der Waals surface area contributed by atoms with Crippen molar-refractivity contribution in [2.24, 2.45) is 0 Å². The molecule has 2 aliphatic carbocycles. The van der Waals surface area contributed by atoms with Crippen LogP contribution in [0.3, 0.4) is 0 Å². The van der Waals surface area contributed by atoms with E-state index < -0.39 is 0 Å². The molecule has 3 rings (SSSR count). The van der Waals surface area contributed by atoms with Gasteiger partial charge in [-0.3, -0.25) is 0 Å². The highest BCUT2D eigenvalue weighted by Gasteiger charge is 2.29. The van der Waals surface area contributed by atoms with Crippen molar-refractivity contribution in [3.05, 3.63) is 15.6 Å². The Bertz CT molecular complexity index is 394. The fourth-order valence-electron chi connectivity index (χ4n) is 2.69. The summed E-state index contributed by atoms with van der Waals surface area (Å²) in [4.78, 5) is 5.89. The topological polar surface area (TPSA) is 33.1 Å². The van der Waals surface area contributed by atoms with Gasteiger partial charge in [0, 0.05) is 16.9 Å². The molecule has 0 amide bonds. The summed E-state index contributed by atoms with van der Waals surface area (Å²) in [5, 5.41) is 11.5. The lowest BCUT2D eigenvalue weighted by atomic mass is 10.0. The number of thiazole rings is 1. The molecule has 18 heavy (non-hydrogen) atoms. The van der Waals surface area contributed by atoms with Gasteiger partial charge in [-0.2, -0.15) is 11.8 Å². The summed E-state index contributed by atoms with van der Waals surface area (Å²) in [5.74, 6) is 1.71. The lowest BCUT2D eigenvalue weighted by Gasteiger charge is -2.20. The maximum atomic E-state index is 9.39. The summed E-state index contributed by atoms with van der Waals surface area (Å²) in [6.07, 6.45) is 9.55. The summed E-state index contributed by atoms with van der Waals surface area (Å²) in [5.41, 5.74) is 1.21. The minimum absolute atomic E-state index is 0.178. The molecule has 1 aromatic heterocycles. The van der Waals surface area contributed by atoms with Crippen LogP contribution in [0.2, 0.25) is 0 Å². The Balaban J connectivity index is 1.58. The number of rotatable bonds is 5. The van der Waals surface area contributed by atoms with E-state index in [1.54, 1.807) is 11.3 Å². The molecule has 0 atom stereocenters. The highest BCUT2D eigenvalue weighted by molar-refractivity contribution is 7.99. The molecule has 1 aromatic rings. The van der Waals surface area contributed by atoms with Crippen molar-refractivity contribution in [1.82, 2.24) is 4.98 Å². The predicted molar refractivity (Wildman–Crippen MR) is 78.2 cm³/mol. The molecular formula is C14H21NOS2. The highest BCUT2D eigenvalue weighted by atomic mass is 32.2. The molecular weight excluding hydrogens is 262 g/mol. The lowest BCUT2D eigenvalue weighted by molar-refractivity contribution is 0.284. The van der Waals surface area contributed by atoms with Gasteiger partial charge in [0.25, 0.3) is 0 Å². The normalized spacial score (nSPS) is 21.4. The van der Waals surface area contributed by atoms with Crippen molar-refractivity contribution in [3.8, 4) is 0 Å². The van der Waals surface area contributed by atoms with Crippen molar-refractivity contribution in [2.45, 2.75) is 68.5 Å². The number of aliphatic hydroxyl groups excluding tert-OH is 1. The number of hydrogen-bond donors (Lipinski definition) is 1. The van der Waals surface area contributed by atoms with E-state index in [0.717, 1.165) is 15.9 Å². The smallest absolute Gasteiger partial charge is 0.103 e. The number of hydrogen-bond acceptors (Lipinski definition) is 4. The maximum absolute atomic E-state index is 9.39. The minimum atomic E-state index is 0.178. The average molecular weight is 283 g/mol. The Kier molecular flexibility index (Phi) is 4.27. The van der Waals surface area contributed by atoms with Gasteiger partial charge in [0.1, 0.15) is 5.01 Å². The van der Waals surface area contributed by atoms with E-state index in [9.17, 15) is 5.11 Å². The molecule has 1 heterocycles. The van der Waals surface area contributed by atoms with E-state index in [4.69, 9.17) is 4.98 Å². The first-order valence-electron chi connectivity index (χ1n) is 7.07. The number of thioether (sulfide) groups is 1. The average Bonchev–Trinajstić information content (AvgIpc) is 3.18. The predicted octanol–water partition coefficient (Wildman–Crippen LogP) is 4.08. The zero-order valence-corrected chi connectivity index (χ0v) is 12.4. The van der Waals surface area contributed by atoms with E-state index in [-0.39, 0.29) is 6.61 Å². The molecule has 0 aromatic carbocycles. The van der Waals surface area contributed by atoms with Crippen molar-refractivity contribution >= 4 is 23.1 Å². The van der Waals surface area contributed by atoms with Crippen LogP contribution in [0.4, 0.5) is 0 Å². The van der Waals surface area contributed by atoms with Crippen molar-refractivity contribution in [1.29, 1.82) is 0 Å². The van der Waals surface area contributed by atoms with Gasteiger partial charge in [-0.05, 0) is 25.7 Å². The van der Waals surface area contributed by atoms with Gasteiger partial charge >= 0.3 is 0 Å². The Morgan fingerprint density at radius 2 is 1.94 bits per heavy atom. The van der Waals surface area contributed by atoms with Crippen LogP contribution >= 0.6 is 23.1 Å².